The molecule has 0 amide bonds. The molecule has 0 bridgehead atoms. The smallest absolute Gasteiger partial charge is 0.338 e. The van der Waals surface area contributed by atoms with Gasteiger partial charge in [0.05, 0.1) is 41.2 Å². The van der Waals surface area contributed by atoms with Gasteiger partial charge in [-0.2, -0.15) is 0 Å². The Kier molecular flexibility index (Phi) is 10.1. The van der Waals surface area contributed by atoms with E-state index in [1.807, 2.05) is 87.5 Å². The van der Waals surface area contributed by atoms with Crippen LogP contribution in [0.15, 0.2) is 87.8 Å². The van der Waals surface area contributed by atoms with Crippen molar-refractivity contribution >= 4 is 35.0 Å². The maximum absolute atomic E-state index is 14.0. The third-order valence-electron chi connectivity index (χ3n) is 6.96. The van der Waals surface area contributed by atoms with Gasteiger partial charge in [-0.25, -0.2) is 9.79 Å². The normalized spacial score (nSPS) is 14.6. The van der Waals surface area contributed by atoms with Crippen molar-refractivity contribution in [3.8, 4) is 17.2 Å². The van der Waals surface area contributed by atoms with Crippen LogP contribution in [0, 0.1) is 0 Å². The van der Waals surface area contributed by atoms with Gasteiger partial charge in [-0.1, -0.05) is 53.3 Å². The Bertz CT molecular complexity index is 1890. The van der Waals surface area contributed by atoms with Gasteiger partial charge in [0.2, 0.25) is 0 Å². The number of carbonyl (C=O) groups excluding carboxylic acids is 1. The molecular formula is C35H35ClN2O6S. The van der Waals surface area contributed by atoms with Crippen molar-refractivity contribution in [1.82, 2.24) is 4.57 Å². The Morgan fingerprint density at radius 3 is 2.40 bits per heavy atom. The Morgan fingerprint density at radius 1 is 1.00 bits per heavy atom. The highest BCUT2D eigenvalue weighted by Crippen LogP contribution is 2.32. The SMILES string of the molecule is CCOC(=O)C1=C(C)N=c2s/c(=C\c3ccc(OCc4ccc(Cl)cc4)c(OCC)c3)c(=O)n2[C@H]1c1ccc(OC(C)C)cc1. The summed E-state index contributed by atoms with van der Waals surface area (Å²) in [7, 11) is 0. The monoisotopic (exact) mass is 646 g/mol. The van der Waals surface area contributed by atoms with Gasteiger partial charge in [-0.3, -0.25) is 9.36 Å². The second kappa shape index (κ2) is 14.2. The molecule has 8 nitrogen and oxygen atoms in total. The van der Waals surface area contributed by atoms with Crippen LogP contribution in [0.1, 0.15) is 57.4 Å². The quantitative estimate of drug-likeness (QED) is 0.180. The summed E-state index contributed by atoms with van der Waals surface area (Å²) in [5.74, 6) is 1.35. The molecule has 1 atom stereocenters. The summed E-state index contributed by atoms with van der Waals surface area (Å²) >= 11 is 7.27. The lowest BCUT2D eigenvalue weighted by atomic mass is 9.96. The van der Waals surface area contributed by atoms with Gasteiger partial charge in [-0.15, -0.1) is 0 Å². The summed E-state index contributed by atoms with van der Waals surface area (Å²) in [6.45, 7) is 10.3. The molecule has 2 heterocycles. The zero-order valence-electron chi connectivity index (χ0n) is 25.8. The van der Waals surface area contributed by atoms with Crippen LogP contribution in [-0.2, 0) is 16.1 Å². The number of hydrogen-bond donors (Lipinski definition) is 0. The van der Waals surface area contributed by atoms with Gasteiger partial charge < -0.3 is 18.9 Å². The van der Waals surface area contributed by atoms with E-state index in [2.05, 4.69) is 4.99 Å². The van der Waals surface area contributed by atoms with E-state index in [9.17, 15) is 9.59 Å². The van der Waals surface area contributed by atoms with Crippen molar-refractivity contribution in [2.24, 2.45) is 4.99 Å². The zero-order chi connectivity index (χ0) is 32.1. The molecule has 1 aliphatic rings. The average molecular weight is 647 g/mol. The van der Waals surface area contributed by atoms with Crippen LogP contribution in [0.4, 0.5) is 0 Å². The van der Waals surface area contributed by atoms with E-state index >= 15 is 0 Å². The van der Waals surface area contributed by atoms with Crippen molar-refractivity contribution < 1.29 is 23.7 Å². The van der Waals surface area contributed by atoms with Gasteiger partial charge in [0.15, 0.2) is 16.3 Å². The maximum Gasteiger partial charge on any atom is 0.338 e. The number of nitrogens with zero attached hydrogens (tertiary/aromatic N) is 2. The third kappa shape index (κ3) is 7.32. The first-order valence-corrected chi connectivity index (χ1v) is 16.0. The van der Waals surface area contributed by atoms with E-state index in [4.69, 9.17) is 30.5 Å². The van der Waals surface area contributed by atoms with Crippen molar-refractivity contribution in [1.29, 1.82) is 0 Å². The Hall–Kier alpha value is -4.34. The predicted octanol–water partition coefficient (Wildman–Crippen LogP) is 6.22. The molecule has 3 aromatic carbocycles. The zero-order valence-corrected chi connectivity index (χ0v) is 27.4. The molecule has 0 N–H and O–H groups in total. The molecule has 0 fully saturated rings. The number of fused-ring (bicyclic) bond motifs is 1. The van der Waals surface area contributed by atoms with E-state index in [0.717, 1.165) is 16.7 Å². The summed E-state index contributed by atoms with van der Waals surface area (Å²) in [4.78, 5) is 32.4. The maximum atomic E-state index is 14.0. The first-order chi connectivity index (χ1) is 21.7. The van der Waals surface area contributed by atoms with Crippen LogP contribution >= 0.6 is 22.9 Å². The van der Waals surface area contributed by atoms with E-state index in [0.29, 0.717) is 56.1 Å². The van der Waals surface area contributed by atoms with Gasteiger partial charge in [0.1, 0.15) is 12.4 Å². The van der Waals surface area contributed by atoms with Crippen LogP contribution in [-0.4, -0.2) is 29.9 Å². The number of ether oxygens (including phenoxy) is 4. The van der Waals surface area contributed by atoms with Crippen LogP contribution < -0.4 is 29.1 Å². The van der Waals surface area contributed by atoms with Crippen LogP contribution in [0.25, 0.3) is 6.08 Å². The van der Waals surface area contributed by atoms with Gasteiger partial charge in [0.25, 0.3) is 5.56 Å². The van der Waals surface area contributed by atoms with Crippen LogP contribution in [0.5, 0.6) is 17.2 Å². The fourth-order valence-corrected chi connectivity index (χ4v) is 6.18. The number of aromatic nitrogens is 1. The summed E-state index contributed by atoms with van der Waals surface area (Å²) < 4.78 is 25.2. The Morgan fingerprint density at radius 2 is 1.73 bits per heavy atom. The standard InChI is InChI=1S/C35H35ClN2O6S/c1-6-41-29-18-24(10-17-28(29)43-20-23-8-13-26(36)14-9-23)19-30-33(39)38-32(25-11-15-27(16-12-25)44-21(3)4)31(34(40)42-7-2)22(5)37-35(38)45-30/h8-19,21,32H,6-7,20H2,1-5H3/b30-19-/t32-/m0/s1. The predicted molar refractivity (Wildman–Crippen MR) is 176 cm³/mol. The molecular weight excluding hydrogens is 612 g/mol. The minimum absolute atomic E-state index is 0.0121. The second-order valence-electron chi connectivity index (χ2n) is 10.6. The molecule has 1 aliphatic heterocycles. The van der Waals surface area contributed by atoms with Gasteiger partial charge in [0, 0.05) is 5.02 Å². The van der Waals surface area contributed by atoms with Gasteiger partial charge >= 0.3 is 5.97 Å². The number of carbonyl (C=O) groups is 1. The second-order valence-corrected chi connectivity index (χ2v) is 12.0. The first kappa shape index (κ1) is 32.1. The lowest BCUT2D eigenvalue weighted by Crippen LogP contribution is -2.39. The number of hydrogen-bond acceptors (Lipinski definition) is 8. The molecule has 0 unspecified atom stereocenters. The van der Waals surface area contributed by atoms with Crippen molar-refractivity contribution in [2.45, 2.75) is 53.4 Å². The van der Waals surface area contributed by atoms with Crippen molar-refractivity contribution in [2.75, 3.05) is 13.2 Å². The molecule has 0 spiro atoms. The van der Waals surface area contributed by atoms with Crippen LogP contribution in [0.2, 0.25) is 5.02 Å². The number of benzene rings is 3. The minimum Gasteiger partial charge on any atom is -0.491 e. The van der Waals surface area contributed by atoms with Crippen molar-refractivity contribution in [3.63, 3.8) is 0 Å². The van der Waals surface area contributed by atoms with Crippen molar-refractivity contribution in [3.05, 3.63) is 119 Å². The number of allylic oxidation sites excluding steroid dienone is 1. The summed E-state index contributed by atoms with van der Waals surface area (Å²) in [6, 6.07) is 19.7. The topological polar surface area (TPSA) is 88.4 Å². The highest BCUT2D eigenvalue weighted by atomic mass is 35.5. The molecule has 234 valence electrons. The molecule has 0 radical (unpaired) electrons. The van der Waals surface area contributed by atoms with Crippen LogP contribution in [0.3, 0.4) is 0 Å². The molecule has 4 aromatic rings. The first-order valence-electron chi connectivity index (χ1n) is 14.8. The molecule has 0 aliphatic carbocycles. The minimum atomic E-state index is -0.710. The van der Waals surface area contributed by atoms with E-state index in [1.54, 1.807) is 24.5 Å². The molecule has 1 aromatic heterocycles. The number of thiazole rings is 1. The number of halogens is 1. The van der Waals surface area contributed by atoms with Gasteiger partial charge in [-0.05, 0) is 93.8 Å². The number of rotatable bonds is 11. The van der Waals surface area contributed by atoms with E-state index < -0.39 is 12.0 Å². The average Bonchev–Trinajstić information content (AvgIpc) is 3.31. The lowest BCUT2D eigenvalue weighted by molar-refractivity contribution is -0.139. The molecule has 0 saturated heterocycles. The summed E-state index contributed by atoms with van der Waals surface area (Å²) in [6.07, 6.45) is 1.81. The fraction of sp³-hybridized carbons (Fsp3) is 0.286. The Balaban J connectivity index is 1.54. The van der Waals surface area contributed by atoms with E-state index in [1.165, 1.54) is 11.3 Å². The summed E-state index contributed by atoms with van der Waals surface area (Å²) in [5.41, 5.74) is 3.05. The highest BCUT2D eigenvalue weighted by molar-refractivity contribution is 7.07. The third-order valence-corrected chi connectivity index (χ3v) is 8.19. The molecule has 5 rings (SSSR count). The molecule has 10 heteroatoms. The fourth-order valence-electron chi connectivity index (χ4n) is 5.00. The molecule has 0 saturated carbocycles. The lowest BCUT2D eigenvalue weighted by Gasteiger charge is -2.25. The number of esters is 1. The van der Waals surface area contributed by atoms with E-state index in [-0.39, 0.29) is 18.3 Å². The largest absolute Gasteiger partial charge is 0.491 e. The Labute approximate surface area is 270 Å². The summed E-state index contributed by atoms with van der Waals surface area (Å²) in [5, 5.41) is 0.663. The highest BCUT2D eigenvalue weighted by Gasteiger charge is 2.33. The molecule has 45 heavy (non-hydrogen) atoms.